The molecule has 69 heavy (non-hydrogen) atoms. The number of para-hydroxylation sites is 4. The van der Waals surface area contributed by atoms with Crippen molar-refractivity contribution in [1.82, 2.24) is 0 Å². The molecule has 0 atom stereocenters. The molecule has 12 aromatic rings. The molecule has 0 aliphatic heterocycles. The smallest absolute Gasteiger partial charge is 0.136 e. The zero-order valence-electron chi connectivity index (χ0n) is 39.0. The van der Waals surface area contributed by atoms with Crippen LogP contribution in [0.2, 0.25) is 0 Å². The minimum atomic E-state index is 0.0793. The second-order valence-corrected chi connectivity index (χ2v) is 19.0. The van der Waals surface area contributed by atoms with E-state index in [2.05, 4.69) is 279 Å². The highest BCUT2D eigenvalue weighted by molar-refractivity contribution is 6.14. The summed E-state index contributed by atoms with van der Waals surface area (Å²) in [5.41, 5.74) is 16.7. The summed E-state index contributed by atoms with van der Waals surface area (Å²) in [6, 6.07) is 89.9. The van der Waals surface area contributed by atoms with Gasteiger partial charge >= 0.3 is 0 Å². The second kappa shape index (κ2) is 17.2. The van der Waals surface area contributed by atoms with Gasteiger partial charge in [-0.3, -0.25) is 0 Å². The Labute approximate surface area is 403 Å². The zero-order valence-corrected chi connectivity index (χ0v) is 39.0. The third-order valence-corrected chi connectivity index (χ3v) is 13.6. The lowest BCUT2D eigenvalue weighted by Crippen LogP contribution is -2.12. The van der Waals surface area contributed by atoms with Gasteiger partial charge in [-0.1, -0.05) is 191 Å². The van der Waals surface area contributed by atoms with Crippen LogP contribution in [0.4, 0.5) is 34.1 Å². The monoisotopic (exact) mass is 886 g/mol. The van der Waals surface area contributed by atoms with Crippen LogP contribution in [0.15, 0.2) is 253 Å². The maximum absolute atomic E-state index is 6.84. The predicted octanol–water partition coefficient (Wildman–Crippen LogP) is 19.1. The van der Waals surface area contributed by atoms with Gasteiger partial charge in [0.1, 0.15) is 11.2 Å². The van der Waals surface area contributed by atoms with E-state index in [9.17, 15) is 0 Å². The van der Waals surface area contributed by atoms with E-state index in [0.29, 0.717) is 0 Å². The SMILES string of the molecule is CC(C)(C)c1ccc(-c2ccccc2N(c2ccccc2)c2ccc3cc4c(cc3c2)oc2cc3cc(N(c5ccccc5-c5ccccc5)c5ccccc5-c5ccccc5)ccc3cc24)cc1. The van der Waals surface area contributed by atoms with E-state index in [1.165, 1.54) is 27.8 Å². The Bertz CT molecular complexity index is 3730. The first-order valence-corrected chi connectivity index (χ1v) is 23.8. The fourth-order valence-electron chi connectivity index (χ4n) is 10.1. The van der Waals surface area contributed by atoms with Crippen LogP contribution in [0.25, 0.3) is 76.9 Å². The molecule has 0 saturated carbocycles. The Hall–Kier alpha value is -8.66. The molecule has 0 saturated heterocycles. The normalized spacial score (nSPS) is 11.7. The summed E-state index contributed by atoms with van der Waals surface area (Å²) in [6.07, 6.45) is 0. The lowest BCUT2D eigenvalue weighted by atomic mass is 9.86. The quantitative estimate of drug-likeness (QED) is 0.144. The standard InChI is InChI=1S/C66H50N2O/c1-66(2,3)52-35-31-47(32-36-52)58-27-13-16-28-61(58)67(53-23-11-6-12-24-53)54-37-33-48-41-59-60-42-49-34-38-55(40-51(49)44-65(60)69-64(59)43-50(48)39-54)68(62-29-17-14-25-56(62)45-19-7-4-8-20-45)63-30-18-15-26-57(63)46-21-9-5-10-22-46/h4-44H,1-3H3. The van der Waals surface area contributed by atoms with Gasteiger partial charge in [0.15, 0.2) is 0 Å². The topological polar surface area (TPSA) is 19.6 Å². The molecule has 0 N–H and O–H groups in total. The van der Waals surface area contributed by atoms with Crippen molar-refractivity contribution < 1.29 is 4.42 Å². The maximum Gasteiger partial charge on any atom is 0.136 e. The molecular weight excluding hydrogens is 837 g/mol. The van der Waals surface area contributed by atoms with Crippen molar-refractivity contribution in [3.05, 3.63) is 254 Å². The molecular formula is C66H50N2O. The molecule has 0 aliphatic carbocycles. The third kappa shape index (κ3) is 7.78. The van der Waals surface area contributed by atoms with Gasteiger partial charge in [0.05, 0.1) is 17.1 Å². The van der Waals surface area contributed by atoms with Gasteiger partial charge in [-0.25, -0.2) is 0 Å². The number of fused-ring (bicyclic) bond motifs is 5. The lowest BCUT2D eigenvalue weighted by Gasteiger charge is -2.30. The Balaban J connectivity index is 0.973. The summed E-state index contributed by atoms with van der Waals surface area (Å²) >= 11 is 0. The van der Waals surface area contributed by atoms with Crippen molar-refractivity contribution in [2.75, 3.05) is 9.80 Å². The summed E-state index contributed by atoms with van der Waals surface area (Å²) in [6.45, 7) is 6.79. The number of hydrogen-bond donors (Lipinski definition) is 0. The molecule has 0 fully saturated rings. The van der Waals surface area contributed by atoms with Crippen molar-refractivity contribution in [3.63, 3.8) is 0 Å². The van der Waals surface area contributed by atoms with E-state index in [4.69, 9.17) is 4.42 Å². The van der Waals surface area contributed by atoms with Crippen LogP contribution in [0, 0.1) is 0 Å². The average molecular weight is 887 g/mol. The molecule has 3 nitrogen and oxygen atoms in total. The average Bonchev–Trinajstić information content (AvgIpc) is 3.74. The largest absolute Gasteiger partial charge is 0.456 e. The number of anilines is 6. The van der Waals surface area contributed by atoms with Crippen molar-refractivity contribution in [2.24, 2.45) is 0 Å². The van der Waals surface area contributed by atoms with E-state index in [-0.39, 0.29) is 5.41 Å². The highest BCUT2D eigenvalue weighted by Crippen LogP contribution is 2.47. The minimum Gasteiger partial charge on any atom is -0.456 e. The minimum absolute atomic E-state index is 0.0793. The van der Waals surface area contributed by atoms with Gasteiger partial charge in [-0.05, 0) is 128 Å². The number of nitrogens with zero attached hydrogens (tertiary/aromatic N) is 2. The molecule has 0 amide bonds. The van der Waals surface area contributed by atoms with E-state index in [1.54, 1.807) is 0 Å². The van der Waals surface area contributed by atoms with Gasteiger partial charge < -0.3 is 14.2 Å². The Kier molecular flexibility index (Phi) is 10.4. The maximum atomic E-state index is 6.84. The molecule has 1 heterocycles. The van der Waals surface area contributed by atoms with Crippen LogP contribution in [0.5, 0.6) is 0 Å². The summed E-state index contributed by atoms with van der Waals surface area (Å²) in [5, 5.41) is 6.75. The van der Waals surface area contributed by atoms with Gasteiger partial charge in [0.25, 0.3) is 0 Å². The summed E-state index contributed by atoms with van der Waals surface area (Å²) in [4.78, 5) is 4.79. The van der Waals surface area contributed by atoms with Crippen molar-refractivity contribution in [2.45, 2.75) is 26.2 Å². The fraction of sp³-hybridized carbons (Fsp3) is 0.0606. The van der Waals surface area contributed by atoms with E-state index in [0.717, 1.165) is 88.7 Å². The molecule has 12 rings (SSSR count). The van der Waals surface area contributed by atoms with Crippen molar-refractivity contribution >= 4 is 77.6 Å². The van der Waals surface area contributed by atoms with Crippen LogP contribution in [-0.4, -0.2) is 0 Å². The summed E-state index contributed by atoms with van der Waals surface area (Å²) < 4.78 is 6.84. The molecule has 0 aliphatic rings. The van der Waals surface area contributed by atoms with Gasteiger partial charge in [0, 0.05) is 44.5 Å². The number of furan rings is 1. The van der Waals surface area contributed by atoms with Crippen LogP contribution >= 0.6 is 0 Å². The van der Waals surface area contributed by atoms with Gasteiger partial charge in [-0.15, -0.1) is 0 Å². The van der Waals surface area contributed by atoms with E-state index in [1.807, 2.05) is 0 Å². The highest BCUT2D eigenvalue weighted by atomic mass is 16.3. The Morgan fingerprint density at radius 3 is 1.16 bits per heavy atom. The third-order valence-electron chi connectivity index (χ3n) is 13.6. The number of benzene rings is 11. The first-order valence-electron chi connectivity index (χ1n) is 23.8. The molecule has 1 aromatic heterocycles. The Morgan fingerprint density at radius 1 is 0.304 bits per heavy atom. The van der Waals surface area contributed by atoms with Crippen LogP contribution in [0.3, 0.4) is 0 Å². The van der Waals surface area contributed by atoms with E-state index >= 15 is 0 Å². The number of hydrogen-bond acceptors (Lipinski definition) is 3. The summed E-state index contributed by atoms with van der Waals surface area (Å²) in [7, 11) is 0. The number of rotatable bonds is 9. The zero-order chi connectivity index (χ0) is 46.5. The first-order chi connectivity index (χ1) is 33.8. The molecule has 330 valence electrons. The molecule has 0 bridgehead atoms. The highest BCUT2D eigenvalue weighted by Gasteiger charge is 2.23. The molecule has 0 spiro atoms. The molecule has 3 heteroatoms. The van der Waals surface area contributed by atoms with Gasteiger partial charge in [0.2, 0.25) is 0 Å². The van der Waals surface area contributed by atoms with Crippen LogP contribution < -0.4 is 9.80 Å². The molecule has 0 unspecified atom stereocenters. The van der Waals surface area contributed by atoms with E-state index < -0.39 is 0 Å². The summed E-state index contributed by atoms with van der Waals surface area (Å²) in [5.74, 6) is 0. The van der Waals surface area contributed by atoms with Crippen LogP contribution in [-0.2, 0) is 5.41 Å². The van der Waals surface area contributed by atoms with Crippen LogP contribution in [0.1, 0.15) is 26.3 Å². The molecule has 0 radical (unpaired) electrons. The fourth-order valence-corrected chi connectivity index (χ4v) is 10.1. The van der Waals surface area contributed by atoms with Crippen molar-refractivity contribution in [1.29, 1.82) is 0 Å². The predicted molar refractivity (Wildman–Crippen MR) is 293 cm³/mol. The Morgan fingerprint density at radius 2 is 0.696 bits per heavy atom. The van der Waals surface area contributed by atoms with Crippen molar-refractivity contribution in [3.8, 4) is 33.4 Å². The van der Waals surface area contributed by atoms with Gasteiger partial charge in [-0.2, -0.15) is 0 Å². The molecule has 11 aromatic carbocycles. The lowest BCUT2D eigenvalue weighted by molar-refractivity contribution is 0.590. The first kappa shape index (κ1) is 41.7. The second-order valence-electron chi connectivity index (χ2n) is 19.0.